The first-order chi connectivity index (χ1) is 7.65. The van der Waals surface area contributed by atoms with Crippen LogP contribution in [0.1, 0.15) is 10.5 Å². The van der Waals surface area contributed by atoms with Gasteiger partial charge in [0.1, 0.15) is 5.75 Å². The van der Waals surface area contributed by atoms with Crippen molar-refractivity contribution < 1.29 is 14.6 Å². The quantitative estimate of drug-likeness (QED) is 0.920. The van der Waals surface area contributed by atoms with Crippen LogP contribution in [0.5, 0.6) is 5.75 Å². The molecular weight excluding hydrogens is 274 g/mol. The predicted molar refractivity (Wildman–Crippen MR) is 63.0 cm³/mol. The van der Waals surface area contributed by atoms with Gasteiger partial charge < -0.3 is 9.84 Å². The van der Waals surface area contributed by atoms with E-state index >= 15 is 0 Å². The van der Waals surface area contributed by atoms with Gasteiger partial charge in [-0.25, -0.2) is 9.78 Å². The van der Waals surface area contributed by atoms with Gasteiger partial charge in [0.05, 0.1) is 11.6 Å². The number of aromatic nitrogens is 1. The fourth-order valence-electron chi connectivity index (χ4n) is 1.53. The highest BCUT2D eigenvalue weighted by molar-refractivity contribution is 9.10. The summed E-state index contributed by atoms with van der Waals surface area (Å²) in [4.78, 5) is 14.8. The Kier molecular flexibility index (Phi) is 2.78. The number of pyridine rings is 1. The minimum Gasteiger partial charge on any atom is -0.496 e. The molecule has 0 saturated heterocycles. The lowest BCUT2D eigenvalue weighted by Gasteiger charge is -2.07. The van der Waals surface area contributed by atoms with Crippen molar-refractivity contribution in [1.29, 1.82) is 0 Å². The molecule has 0 spiro atoms. The molecule has 82 valence electrons. The van der Waals surface area contributed by atoms with E-state index in [4.69, 9.17) is 9.84 Å². The van der Waals surface area contributed by atoms with Crippen LogP contribution in [-0.4, -0.2) is 23.2 Å². The second-order valence-electron chi connectivity index (χ2n) is 3.14. The maximum Gasteiger partial charge on any atom is 0.355 e. The van der Waals surface area contributed by atoms with E-state index in [-0.39, 0.29) is 5.69 Å². The zero-order valence-electron chi connectivity index (χ0n) is 8.40. The minimum atomic E-state index is -1.04. The first-order valence-electron chi connectivity index (χ1n) is 4.49. The van der Waals surface area contributed by atoms with Gasteiger partial charge in [-0.1, -0.05) is 0 Å². The highest BCUT2D eigenvalue weighted by atomic mass is 79.9. The van der Waals surface area contributed by atoms with Crippen molar-refractivity contribution in [2.45, 2.75) is 0 Å². The monoisotopic (exact) mass is 281 g/mol. The van der Waals surface area contributed by atoms with Crippen LogP contribution in [0.15, 0.2) is 28.9 Å². The van der Waals surface area contributed by atoms with Crippen LogP contribution in [0.4, 0.5) is 0 Å². The normalized spacial score (nSPS) is 10.4. The zero-order valence-corrected chi connectivity index (χ0v) is 9.98. The Labute approximate surface area is 100.0 Å². The van der Waals surface area contributed by atoms with Crippen LogP contribution in [0.3, 0.4) is 0 Å². The molecule has 16 heavy (non-hydrogen) atoms. The number of carboxylic acid groups (broad SMARTS) is 1. The van der Waals surface area contributed by atoms with Gasteiger partial charge in [0.15, 0.2) is 5.69 Å². The fraction of sp³-hybridized carbons (Fsp3) is 0.0909. The molecule has 0 atom stereocenters. The molecule has 2 rings (SSSR count). The molecule has 2 aromatic rings. The molecule has 0 amide bonds. The van der Waals surface area contributed by atoms with Gasteiger partial charge in [-0.3, -0.25) is 0 Å². The molecule has 1 aromatic heterocycles. The second kappa shape index (κ2) is 4.09. The molecule has 0 aliphatic rings. The third-order valence-electron chi connectivity index (χ3n) is 2.27. The van der Waals surface area contributed by atoms with Crippen molar-refractivity contribution in [3.05, 3.63) is 34.6 Å². The van der Waals surface area contributed by atoms with Crippen LogP contribution < -0.4 is 4.74 Å². The van der Waals surface area contributed by atoms with E-state index in [1.54, 1.807) is 25.3 Å². The minimum absolute atomic E-state index is 0.0425. The average molecular weight is 282 g/mol. The summed E-state index contributed by atoms with van der Waals surface area (Å²) in [5.74, 6) is -0.377. The Bertz CT molecular complexity index is 568. The SMILES string of the molecule is COc1ccc2c(C(=O)O)nccc2c1Br. The molecule has 0 aliphatic carbocycles. The van der Waals surface area contributed by atoms with Gasteiger partial charge in [-0.05, 0) is 34.1 Å². The molecule has 0 fully saturated rings. The number of hydrogen-bond acceptors (Lipinski definition) is 3. The maximum absolute atomic E-state index is 11.0. The van der Waals surface area contributed by atoms with E-state index in [2.05, 4.69) is 20.9 Å². The van der Waals surface area contributed by atoms with Crippen molar-refractivity contribution in [2.75, 3.05) is 7.11 Å². The molecular formula is C11H8BrNO3. The average Bonchev–Trinajstić information content (AvgIpc) is 2.29. The zero-order chi connectivity index (χ0) is 11.7. The number of rotatable bonds is 2. The number of hydrogen-bond donors (Lipinski definition) is 1. The number of carbonyl (C=O) groups is 1. The van der Waals surface area contributed by atoms with E-state index in [0.29, 0.717) is 11.1 Å². The summed E-state index contributed by atoms with van der Waals surface area (Å²) >= 11 is 3.38. The van der Waals surface area contributed by atoms with Gasteiger partial charge in [-0.15, -0.1) is 0 Å². The third-order valence-corrected chi connectivity index (χ3v) is 3.08. The third kappa shape index (κ3) is 1.63. The second-order valence-corrected chi connectivity index (χ2v) is 3.93. The van der Waals surface area contributed by atoms with Gasteiger partial charge in [-0.2, -0.15) is 0 Å². The molecule has 5 heteroatoms. The van der Waals surface area contributed by atoms with E-state index in [0.717, 1.165) is 9.86 Å². The van der Waals surface area contributed by atoms with Crippen molar-refractivity contribution in [3.8, 4) is 5.75 Å². The first-order valence-corrected chi connectivity index (χ1v) is 5.29. The number of ether oxygens (including phenoxy) is 1. The summed E-state index contributed by atoms with van der Waals surface area (Å²) in [6.45, 7) is 0. The molecule has 1 N–H and O–H groups in total. The topological polar surface area (TPSA) is 59.4 Å². The number of nitrogens with zero attached hydrogens (tertiary/aromatic N) is 1. The van der Waals surface area contributed by atoms with E-state index in [1.165, 1.54) is 6.20 Å². The highest BCUT2D eigenvalue weighted by Crippen LogP contribution is 2.33. The highest BCUT2D eigenvalue weighted by Gasteiger charge is 2.13. The Morgan fingerprint density at radius 2 is 2.12 bits per heavy atom. The number of aromatic carboxylic acids is 1. The summed E-state index contributed by atoms with van der Waals surface area (Å²) in [6, 6.07) is 5.14. The van der Waals surface area contributed by atoms with Crippen LogP contribution in [0.25, 0.3) is 10.8 Å². The molecule has 0 unspecified atom stereocenters. The molecule has 0 aliphatic heterocycles. The molecule has 0 bridgehead atoms. The lowest BCUT2D eigenvalue weighted by Crippen LogP contribution is -2.01. The molecule has 0 saturated carbocycles. The van der Waals surface area contributed by atoms with Crippen LogP contribution in [-0.2, 0) is 0 Å². The standard InChI is InChI=1S/C11H8BrNO3/c1-16-8-3-2-7-6(9(8)12)4-5-13-10(7)11(14)15/h2-5H,1H3,(H,14,15). The largest absolute Gasteiger partial charge is 0.496 e. The summed E-state index contributed by atoms with van der Waals surface area (Å²) in [6.07, 6.45) is 1.47. The molecule has 4 nitrogen and oxygen atoms in total. The van der Waals surface area contributed by atoms with Crippen molar-refractivity contribution in [1.82, 2.24) is 4.98 Å². The summed E-state index contributed by atoms with van der Waals surface area (Å²) < 4.78 is 5.87. The van der Waals surface area contributed by atoms with Crippen molar-refractivity contribution >= 4 is 32.7 Å². The lowest BCUT2D eigenvalue weighted by molar-refractivity contribution is 0.0693. The number of carboxylic acids is 1. The number of benzene rings is 1. The number of fused-ring (bicyclic) bond motifs is 1. The van der Waals surface area contributed by atoms with E-state index in [1.807, 2.05) is 0 Å². The molecule has 1 aromatic carbocycles. The van der Waals surface area contributed by atoms with Gasteiger partial charge >= 0.3 is 5.97 Å². The fourth-order valence-corrected chi connectivity index (χ4v) is 2.17. The molecule has 1 heterocycles. The van der Waals surface area contributed by atoms with Crippen molar-refractivity contribution in [3.63, 3.8) is 0 Å². The number of halogens is 1. The first kappa shape index (κ1) is 10.9. The van der Waals surface area contributed by atoms with Crippen LogP contribution in [0.2, 0.25) is 0 Å². The number of methoxy groups -OCH3 is 1. The predicted octanol–water partition coefficient (Wildman–Crippen LogP) is 2.70. The Morgan fingerprint density at radius 1 is 1.38 bits per heavy atom. The lowest BCUT2D eigenvalue weighted by atomic mass is 10.1. The van der Waals surface area contributed by atoms with Crippen molar-refractivity contribution in [2.24, 2.45) is 0 Å². The summed E-state index contributed by atoms with van der Waals surface area (Å²) in [7, 11) is 1.56. The van der Waals surface area contributed by atoms with Gasteiger partial charge in [0.2, 0.25) is 0 Å². The van der Waals surface area contributed by atoms with Crippen LogP contribution >= 0.6 is 15.9 Å². The van der Waals surface area contributed by atoms with E-state index in [9.17, 15) is 4.79 Å². The Morgan fingerprint density at radius 3 is 2.75 bits per heavy atom. The summed E-state index contributed by atoms with van der Waals surface area (Å²) in [5, 5.41) is 10.3. The van der Waals surface area contributed by atoms with E-state index < -0.39 is 5.97 Å². The summed E-state index contributed by atoms with van der Waals surface area (Å²) in [5.41, 5.74) is 0.0425. The maximum atomic E-state index is 11.0. The smallest absolute Gasteiger partial charge is 0.355 e. The van der Waals surface area contributed by atoms with Crippen LogP contribution in [0, 0.1) is 0 Å². The van der Waals surface area contributed by atoms with Gasteiger partial charge in [0.25, 0.3) is 0 Å². The Hall–Kier alpha value is -1.62. The van der Waals surface area contributed by atoms with Gasteiger partial charge in [0, 0.05) is 17.0 Å². The Balaban J connectivity index is 2.82. The molecule has 0 radical (unpaired) electrons.